The number of hydrogen-bond acceptors (Lipinski definition) is 5. The Labute approximate surface area is 150 Å². The lowest BCUT2D eigenvalue weighted by Crippen LogP contribution is -2.14. The van der Waals surface area contributed by atoms with Crippen molar-refractivity contribution in [1.29, 1.82) is 0 Å². The molecule has 4 rings (SSSR count). The fraction of sp³-hybridized carbons (Fsp3) is 0.222. The molecule has 0 aliphatic carbocycles. The highest BCUT2D eigenvalue weighted by Gasteiger charge is 2.20. The van der Waals surface area contributed by atoms with Crippen LogP contribution in [0.2, 0.25) is 0 Å². The average molecular weight is 349 g/mol. The topological polar surface area (TPSA) is 75.6 Å². The third-order valence-corrected chi connectivity index (χ3v) is 4.40. The third-order valence-electron chi connectivity index (χ3n) is 4.40. The SMILES string of the molecule is COc1ccc(-n2cccn2)c(-c2nccn2[C@@H](C)c2ncnn2C)c1. The molecule has 0 unspecified atom stereocenters. The van der Waals surface area contributed by atoms with Gasteiger partial charge in [-0.3, -0.25) is 4.68 Å². The van der Waals surface area contributed by atoms with Gasteiger partial charge in [0.2, 0.25) is 0 Å². The Morgan fingerprint density at radius 2 is 1.96 bits per heavy atom. The zero-order chi connectivity index (χ0) is 18.1. The van der Waals surface area contributed by atoms with Gasteiger partial charge in [0.25, 0.3) is 0 Å². The van der Waals surface area contributed by atoms with Crippen molar-refractivity contribution in [3.8, 4) is 22.8 Å². The molecule has 1 atom stereocenters. The maximum Gasteiger partial charge on any atom is 0.149 e. The zero-order valence-electron chi connectivity index (χ0n) is 14.8. The first-order valence-corrected chi connectivity index (χ1v) is 8.24. The van der Waals surface area contributed by atoms with Crippen LogP contribution in [-0.2, 0) is 7.05 Å². The molecule has 0 saturated carbocycles. The van der Waals surface area contributed by atoms with Crippen LogP contribution in [0.15, 0.2) is 55.4 Å². The first kappa shape index (κ1) is 16.1. The van der Waals surface area contributed by atoms with Crippen LogP contribution in [-0.4, -0.2) is 41.2 Å². The Hall–Kier alpha value is -3.42. The normalized spacial score (nSPS) is 12.3. The number of imidazole rings is 1. The number of aromatic nitrogens is 7. The van der Waals surface area contributed by atoms with Crippen LogP contribution in [0.4, 0.5) is 0 Å². The van der Waals surface area contributed by atoms with Crippen LogP contribution in [0.3, 0.4) is 0 Å². The van der Waals surface area contributed by atoms with Crippen LogP contribution in [0.25, 0.3) is 17.1 Å². The first-order valence-electron chi connectivity index (χ1n) is 8.24. The van der Waals surface area contributed by atoms with Gasteiger partial charge >= 0.3 is 0 Å². The summed E-state index contributed by atoms with van der Waals surface area (Å²) in [6.45, 7) is 2.07. The number of ether oxygens (including phenoxy) is 1. The number of benzene rings is 1. The molecule has 0 N–H and O–H groups in total. The minimum atomic E-state index is -0.0309. The van der Waals surface area contributed by atoms with E-state index >= 15 is 0 Å². The molecule has 0 spiro atoms. The van der Waals surface area contributed by atoms with E-state index in [4.69, 9.17) is 4.74 Å². The first-order chi connectivity index (χ1) is 12.7. The van der Waals surface area contributed by atoms with Gasteiger partial charge in [0.1, 0.15) is 23.7 Å². The second-order valence-electron chi connectivity index (χ2n) is 5.91. The van der Waals surface area contributed by atoms with E-state index in [2.05, 4.69) is 31.7 Å². The van der Waals surface area contributed by atoms with Gasteiger partial charge in [-0.2, -0.15) is 10.2 Å². The fourth-order valence-electron chi connectivity index (χ4n) is 3.07. The van der Waals surface area contributed by atoms with Gasteiger partial charge in [-0.25, -0.2) is 14.6 Å². The predicted octanol–water partition coefficient (Wildman–Crippen LogP) is 2.48. The van der Waals surface area contributed by atoms with Gasteiger partial charge in [-0.1, -0.05) is 0 Å². The lowest BCUT2D eigenvalue weighted by molar-refractivity contribution is 0.415. The second-order valence-corrected chi connectivity index (χ2v) is 5.91. The average Bonchev–Trinajstić information content (AvgIpc) is 3.41. The van der Waals surface area contributed by atoms with E-state index in [-0.39, 0.29) is 6.04 Å². The highest BCUT2D eigenvalue weighted by Crippen LogP contribution is 2.31. The molecule has 0 aliphatic heterocycles. The summed E-state index contributed by atoms with van der Waals surface area (Å²) in [5.74, 6) is 2.43. The number of aryl methyl sites for hydroxylation is 1. The summed E-state index contributed by atoms with van der Waals surface area (Å²) >= 11 is 0. The predicted molar refractivity (Wildman–Crippen MR) is 96.2 cm³/mol. The molecule has 3 heterocycles. The third kappa shape index (κ3) is 2.65. The Morgan fingerprint density at radius 1 is 1.08 bits per heavy atom. The van der Waals surface area contributed by atoms with E-state index in [1.165, 1.54) is 0 Å². The van der Waals surface area contributed by atoms with Gasteiger partial charge in [0, 0.05) is 37.4 Å². The van der Waals surface area contributed by atoms with E-state index in [1.807, 2.05) is 48.4 Å². The molecule has 8 heteroatoms. The van der Waals surface area contributed by atoms with Crippen molar-refractivity contribution < 1.29 is 4.74 Å². The lowest BCUT2D eigenvalue weighted by Gasteiger charge is -2.18. The monoisotopic (exact) mass is 349 g/mol. The van der Waals surface area contributed by atoms with Crippen LogP contribution in [0.5, 0.6) is 5.75 Å². The van der Waals surface area contributed by atoms with E-state index in [9.17, 15) is 0 Å². The van der Waals surface area contributed by atoms with E-state index in [1.54, 1.807) is 30.5 Å². The molecule has 1 aromatic carbocycles. The molecule has 4 aromatic rings. The largest absolute Gasteiger partial charge is 0.497 e. The highest BCUT2D eigenvalue weighted by atomic mass is 16.5. The van der Waals surface area contributed by atoms with Gasteiger partial charge in [0.05, 0.1) is 18.8 Å². The highest BCUT2D eigenvalue weighted by molar-refractivity contribution is 5.70. The molecule has 26 heavy (non-hydrogen) atoms. The van der Waals surface area contributed by atoms with Gasteiger partial charge in [-0.05, 0) is 31.2 Å². The van der Waals surface area contributed by atoms with E-state index in [0.717, 1.165) is 28.6 Å². The zero-order valence-corrected chi connectivity index (χ0v) is 14.8. The molecule has 0 aliphatic rings. The Balaban J connectivity index is 1.87. The van der Waals surface area contributed by atoms with Crippen molar-refractivity contribution in [2.75, 3.05) is 7.11 Å². The summed E-state index contributed by atoms with van der Waals surface area (Å²) in [5.41, 5.74) is 1.85. The molecule has 0 radical (unpaired) electrons. The quantitative estimate of drug-likeness (QED) is 0.553. The summed E-state index contributed by atoms with van der Waals surface area (Å²) < 4.78 is 11.1. The molecule has 3 aromatic heterocycles. The molecule has 0 fully saturated rings. The summed E-state index contributed by atoms with van der Waals surface area (Å²) in [4.78, 5) is 8.98. The molecule has 0 amide bonds. The Kier molecular flexibility index (Phi) is 4.00. The summed E-state index contributed by atoms with van der Waals surface area (Å²) in [6, 6.07) is 7.73. The van der Waals surface area contributed by atoms with Gasteiger partial charge < -0.3 is 9.30 Å². The summed E-state index contributed by atoms with van der Waals surface area (Å²) in [7, 11) is 3.54. The molecular weight excluding hydrogens is 330 g/mol. The number of nitrogens with zero attached hydrogens (tertiary/aromatic N) is 7. The van der Waals surface area contributed by atoms with Crippen molar-refractivity contribution in [1.82, 2.24) is 34.1 Å². The standard InChI is InChI=1S/C18H19N7O/c1-13(17-20-12-22-23(17)2)24-10-8-19-18(24)15-11-14(26-3)5-6-16(15)25-9-4-7-21-25/h4-13H,1-3H3/t13-/m0/s1. The van der Waals surface area contributed by atoms with Crippen molar-refractivity contribution in [2.24, 2.45) is 7.05 Å². The number of hydrogen-bond donors (Lipinski definition) is 0. The minimum Gasteiger partial charge on any atom is -0.497 e. The van der Waals surface area contributed by atoms with Crippen molar-refractivity contribution in [3.63, 3.8) is 0 Å². The molecule has 0 bridgehead atoms. The number of rotatable bonds is 5. The van der Waals surface area contributed by atoms with Gasteiger partial charge in [-0.15, -0.1) is 0 Å². The molecule has 0 saturated heterocycles. The van der Waals surface area contributed by atoms with Crippen LogP contribution >= 0.6 is 0 Å². The molecule has 132 valence electrons. The summed E-state index contributed by atoms with van der Waals surface area (Å²) in [6.07, 6.45) is 8.95. The maximum absolute atomic E-state index is 5.42. The van der Waals surface area contributed by atoms with Crippen molar-refractivity contribution >= 4 is 0 Å². The second kappa shape index (κ2) is 6.47. The summed E-state index contributed by atoms with van der Waals surface area (Å²) in [5, 5.41) is 8.54. The fourth-order valence-corrected chi connectivity index (χ4v) is 3.07. The van der Waals surface area contributed by atoms with Crippen LogP contribution in [0.1, 0.15) is 18.8 Å². The van der Waals surface area contributed by atoms with Crippen LogP contribution < -0.4 is 4.74 Å². The number of methoxy groups -OCH3 is 1. The van der Waals surface area contributed by atoms with E-state index in [0.29, 0.717) is 0 Å². The van der Waals surface area contributed by atoms with Gasteiger partial charge in [0.15, 0.2) is 0 Å². The molecular formula is C18H19N7O. The van der Waals surface area contributed by atoms with Crippen molar-refractivity contribution in [3.05, 3.63) is 61.2 Å². The minimum absolute atomic E-state index is 0.0309. The Morgan fingerprint density at radius 3 is 2.65 bits per heavy atom. The molecule has 8 nitrogen and oxygen atoms in total. The Bertz CT molecular complexity index is 1020. The van der Waals surface area contributed by atoms with Crippen LogP contribution in [0, 0.1) is 0 Å². The van der Waals surface area contributed by atoms with Crippen molar-refractivity contribution in [2.45, 2.75) is 13.0 Å². The maximum atomic E-state index is 5.42. The lowest BCUT2D eigenvalue weighted by atomic mass is 10.1. The van der Waals surface area contributed by atoms with E-state index < -0.39 is 0 Å². The smallest absolute Gasteiger partial charge is 0.149 e.